The molecule has 94 valence electrons. The van der Waals surface area contributed by atoms with Gasteiger partial charge in [0.1, 0.15) is 0 Å². The van der Waals surface area contributed by atoms with E-state index in [0.717, 1.165) is 13.0 Å². The first-order valence-electron chi connectivity index (χ1n) is 5.85. The number of carbonyl (C=O) groups is 1. The molecule has 0 spiro atoms. The largest absolute Gasteiger partial charge is 0.399 e. The highest BCUT2D eigenvalue weighted by atomic mass is 16.1. The number of hydrogen-bond acceptors (Lipinski definition) is 3. The van der Waals surface area contributed by atoms with Crippen LogP contribution in [-0.2, 0) is 6.54 Å². The third-order valence-electron chi connectivity index (χ3n) is 2.59. The van der Waals surface area contributed by atoms with Gasteiger partial charge in [-0.15, -0.1) is 0 Å². The van der Waals surface area contributed by atoms with Gasteiger partial charge in [-0.3, -0.25) is 4.79 Å². The van der Waals surface area contributed by atoms with Crippen molar-refractivity contribution in [1.82, 2.24) is 14.9 Å². The first-order chi connectivity index (χ1) is 8.75. The minimum atomic E-state index is -0.0899. The Hall–Kier alpha value is -2.30. The maximum absolute atomic E-state index is 11.8. The molecular weight excluding hydrogens is 228 g/mol. The Balaban J connectivity index is 1.75. The number of imidazole rings is 1. The summed E-state index contributed by atoms with van der Waals surface area (Å²) in [6.07, 6.45) is 6.27. The third kappa shape index (κ3) is 3.35. The lowest BCUT2D eigenvalue weighted by Crippen LogP contribution is -2.25. The van der Waals surface area contributed by atoms with Crippen LogP contribution < -0.4 is 11.1 Å². The van der Waals surface area contributed by atoms with E-state index in [9.17, 15) is 4.79 Å². The summed E-state index contributed by atoms with van der Waals surface area (Å²) in [5, 5.41) is 2.86. The number of benzene rings is 1. The highest BCUT2D eigenvalue weighted by Gasteiger charge is 2.04. The van der Waals surface area contributed by atoms with Crippen molar-refractivity contribution < 1.29 is 4.79 Å². The van der Waals surface area contributed by atoms with Crippen LogP contribution in [0.3, 0.4) is 0 Å². The Labute approximate surface area is 106 Å². The van der Waals surface area contributed by atoms with Crippen molar-refractivity contribution in [3.8, 4) is 0 Å². The fourth-order valence-electron chi connectivity index (χ4n) is 1.66. The average molecular weight is 244 g/mol. The zero-order valence-corrected chi connectivity index (χ0v) is 10.0. The van der Waals surface area contributed by atoms with Gasteiger partial charge in [-0.1, -0.05) is 6.07 Å². The lowest BCUT2D eigenvalue weighted by molar-refractivity contribution is 0.0953. The van der Waals surface area contributed by atoms with E-state index in [1.165, 1.54) is 0 Å². The van der Waals surface area contributed by atoms with E-state index in [4.69, 9.17) is 5.73 Å². The Kier molecular flexibility index (Phi) is 3.96. The number of anilines is 1. The predicted molar refractivity (Wildman–Crippen MR) is 70.0 cm³/mol. The molecule has 1 heterocycles. The zero-order chi connectivity index (χ0) is 12.8. The van der Waals surface area contributed by atoms with Gasteiger partial charge in [-0.2, -0.15) is 0 Å². The summed E-state index contributed by atoms with van der Waals surface area (Å²) in [6.45, 7) is 1.48. The van der Waals surface area contributed by atoms with Gasteiger partial charge in [0.25, 0.3) is 5.91 Å². The molecule has 0 unspecified atom stereocenters. The summed E-state index contributed by atoms with van der Waals surface area (Å²) in [4.78, 5) is 15.7. The average Bonchev–Trinajstić information content (AvgIpc) is 2.87. The molecular formula is C13H16N4O. The summed E-state index contributed by atoms with van der Waals surface area (Å²) < 4.78 is 1.98. The number of nitrogens with zero attached hydrogens (tertiary/aromatic N) is 2. The van der Waals surface area contributed by atoms with Crippen LogP contribution in [0.4, 0.5) is 5.69 Å². The fourth-order valence-corrected chi connectivity index (χ4v) is 1.66. The molecule has 5 nitrogen and oxygen atoms in total. The summed E-state index contributed by atoms with van der Waals surface area (Å²) in [5.41, 5.74) is 6.82. The molecule has 2 rings (SSSR count). The van der Waals surface area contributed by atoms with E-state index in [1.54, 1.807) is 36.8 Å². The van der Waals surface area contributed by atoms with Crippen LogP contribution in [-0.4, -0.2) is 22.0 Å². The molecule has 0 fully saturated rings. The molecule has 0 radical (unpaired) electrons. The first kappa shape index (κ1) is 12.2. The molecule has 0 saturated heterocycles. The van der Waals surface area contributed by atoms with Gasteiger partial charge >= 0.3 is 0 Å². The van der Waals surface area contributed by atoms with Gasteiger partial charge in [-0.25, -0.2) is 4.98 Å². The van der Waals surface area contributed by atoms with Crippen LogP contribution in [0.5, 0.6) is 0 Å². The topological polar surface area (TPSA) is 72.9 Å². The van der Waals surface area contributed by atoms with Gasteiger partial charge in [0, 0.05) is 36.7 Å². The first-order valence-corrected chi connectivity index (χ1v) is 5.85. The maximum atomic E-state index is 11.8. The van der Waals surface area contributed by atoms with Gasteiger partial charge in [-0.05, 0) is 24.6 Å². The fraction of sp³-hybridized carbons (Fsp3) is 0.231. The number of hydrogen-bond donors (Lipinski definition) is 2. The van der Waals surface area contributed by atoms with E-state index < -0.39 is 0 Å². The summed E-state index contributed by atoms with van der Waals surface area (Å²) >= 11 is 0. The van der Waals surface area contributed by atoms with Crippen LogP contribution in [0.25, 0.3) is 0 Å². The lowest BCUT2D eigenvalue weighted by Gasteiger charge is -2.06. The zero-order valence-electron chi connectivity index (χ0n) is 10.0. The summed E-state index contributed by atoms with van der Waals surface area (Å²) in [6, 6.07) is 6.96. The Morgan fingerprint density at radius 2 is 2.33 bits per heavy atom. The molecule has 3 N–H and O–H groups in total. The summed E-state index contributed by atoms with van der Waals surface area (Å²) in [5.74, 6) is -0.0899. The van der Waals surface area contributed by atoms with E-state index in [-0.39, 0.29) is 5.91 Å². The van der Waals surface area contributed by atoms with E-state index in [2.05, 4.69) is 10.3 Å². The van der Waals surface area contributed by atoms with E-state index >= 15 is 0 Å². The molecule has 0 bridgehead atoms. The molecule has 0 aliphatic rings. The number of aromatic nitrogens is 2. The van der Waals surface area contributed by atoms with Crippen molar-refractivity contribution in [1.29, 1.82) is 0 Å². The van der Waals surface area contributed by atoms with E-state index in [0.29, 0.717) is 17.8 Å². The minimum Gasteiger partial charge on any atom is -0.399 e. The van der Waals surface area contributed by atoms with Gasteiger partial charge in [0.2, 0.25) is 0 Å². The van der Waals surface area contributed by atoms with Crippen LogP contribution in [0, 0.1) is 0 Å². The van der Waals surface area contributed by atoms with Crippen LogP contribution in [0.15, 0.2) is 43.0 Å². The van der Waals surface area contributed by atoms with Crippen LogP contribution >= 0.6 is 0 Å². The van der Waals surface area contributed by atoms with Crippen LogP contribution in [0.1, 0.15) is 16.8 Å². The van der Waals surface area contributed by atoms with Crippen molar-refractivity contribution in [2.24, 2.45) is 0 Å². The van der Waals surface area contributed by atoms with Crippen molar-refractivity contribution in [3.63, 3.8) is 0 Å². The van der Waals surface area contributed by atoms with Crippen LogP contribution in [0.2, 0.25) is 0 Å². The Morgan fingerprint density at radius 3 is 3.06 bits per heavy atom. The van der Waals surface area contributed by atoms with Gasteiger partial charge < -0.3 is 15.6 Å². The highest BCUT2D eigenvalue weighted by molar-refractivity contribution is 5.94. The van der Waals surface area contributed by atoms with Crippen molar-refractivity contribution in [2.75, 3.05) is 12.3 Å². The Bertz CT molecular complexity index is 507. The number of nitrogens with one attached hydrogen (secondary N) is 1. The number of nitrogen functional groups attached to an aromatic ring is 1. The molecule has 1 amide bonds. The summed E-state index contributed by atoms with van der Waals surface area (Å²) in [7, 11) is 0. The molecule has 1 aromatic carbocycles. The molecule has 0 saturated carbocycles. The SMILES string of the molecule is Nc1cccc(C(=O)NCCCn2ccnc2)c1. The lowest BCUT2D eigenvalue weighted by atomic mass is 10.2. The van der Waals surface area contributed by atoms with Gasteiger partial charge in [0.05, 0.1) is 6.33 Å². The molecule has 18 heavy (non-hydrogen) atoms. The third-order valence-corrected chi connectivity index (χ3v) is 2.59. The van der Waals surface area contributed by atoms with Crippen molar-refractivity contribution in [2.45, 2.75) is 13.0 Å². The van der Waals surface area contributed by atoms with Crippen molar-refractivity contribution >= 4 is 11.6 Å². The standard InChI is InChI=1S/C13H16N4O/c14-12-4-1-3-11(9-12)13(18)16-5-2-7-17-8-6-15-10-17/h1,3-4,6,8-10H,2,5,7,14H2,(H,16,18). The second kappa shape index (κ2) is 5.86. The molecule has 5 heteroatoms. The number of nitrogens with two attached hydrogens (primary N) is 1. The smallest absolute Gasteiger partial charge is 0.251 e. The molecule has 1 aromatic heterocycles. The molecule has 2 aromatic rings. The Morgan fingerprint density at radius 1 is 1.44 bits per heavy atom. The number of carbonyl (C=O) groups excluding carboxylic acids is 1. The van der Waals surface area contributed by atoms with Gasteiger partial charge in [0.15, 0.2) is 0 Å². The molecule has 0 atom stereocenters. The molecule has 0 aliphatic carbocycles. The number of rotatable bonds is 5. The minimum absolute atomic E-state index is 0.0899. The quantitative estimate of drug-likeness (QED) is 0.614. The van der Waals surface area contributed by atoms with E-state index in [1.807, 2.05) is 10.8 Å². The highest BCUT2D eigenvalue weighted by Crippen LogP contribution is 2.06. The predicted octanol–water partition coefficient (Wildman–Crippen LogP) is 1.29. The second-order valence-electron chi connectivity index (χ2n) is 4.04. The number of aryl methyl sites for hydroxylation is 1. The number of amides is 1. The molecule has 0 aliphatic heterocycles. The van der Waals surface area contributed by atoms with Crippen molar-refractivity contribution in [3.05, 3.63) is 48.5 Å². The maximum Gasteiger partial charge on any atom is 0.251 e. The second-order valence-corrected chi connectivity index (χ2v) is 4.04. The normalized spacial score (nSPS) is 10.2. The monoisotopic (exact) mass is 244 g/mol.